The van der Waals surface area contributed by atoms with Gasteiger partial charge in [-0.15, -0.1) is 0 Å². The van der Waals surface area contributed by atoms with Crippen molar-refractivity contribution in [1.82, 2.24) is 9.80 Å². The molecule has 2 rings (SSSR count). The van der Waals surface area contributed by atoms with Crippen LogP contribution in [0.25, 0.3) is 0 Å². The van der Waals surface area contributed by atoms with Crippen LogP contribution in [0.15, 0.2) is 16.5 Å². The normalized spacial score (nSPS) is 18.8. The largest absolute Gasteiger partial charge is 0.457 e. The summed E-state index contributed by atoms with van der Waals surface area (Å²) in [6.45, 7) is 9.62. The number of carbonyl (C=O) groups excluding carboxylic acids is 1. The highest BCUT2D eigenvalue weighted by atomic mass is 16.3. The minimum Gasteiger partial charge on any atom is -0.457 e. The Morgan fingerprint density at radius 2 is 2.00 bits per heavy atom. The van der Waals surface area contributed by atoms with Gasteiger partial charge < -0.3 is 4.42 Å². The van der Waals surface area contributed by atoms with E-state index in [0.717, 1.165) is 44.8 Å². The molecule has 4 nitrogen and oxygen atoms in total. The Hall–Kier alpha value is -1.13. The maximum atomic E-state index is 10.5. The number of carbonyl (C=O) groups is 1. The predicted molar refractivity (Wildman–Crippen MR) is 66.1 cm³/mol. The zero-order valence-electron chi connectivity index (χ0n) is 10.6. The van der Waals surface area contributed by atoms with Crippen LogP contribution in [0.1, 0.15) is 30.2 Å². The first kappa shape index (κ1) is 12.3. The Morgan fingerprint density at radius 3 is 2.53 bits per heavy atom. The van der Waals surface area contributed by atoms with Crippen molar-refractivity contribution >= 4 is 6.29 Å². The molecule has 1 saturated heterocycles. The Labute approximate surface area is 102 Å². The van der Waals surface area contributed by atoms with Gasteiger partial charge >= 0.3 is 0 Å². The fraction of sp³-hybridized carbons (Fsp3) is 0.615. The topological polar surface area (TPSA) is 36.7 Å². The first-order valence-corrected chi connectivity index (χ1v) is 6.19. The van der Waals surface area contributed by atoms with Gasteiger partial charge in [0.1, 0.15) is 5.76 Å². The van der Waals surface area contributed by atoms with Crippen LogP contribution in [0.3, 0.4) is 0 Å². The van der Waals surface area contributed by atoms with Crippen molar-refractivity contribution in [1.29, 1.82) is 0 Å². The SMILES string of the molecule is CC(C)N1CCN(Cc2ccc(C=O)o2)CC1. The zero-order valence-corrected chi connectivity index (χ0v) is 10.6. The highest BCUT2D eigenvalue weighted by Crippen LogP contribution is 2.12. The second kappa shape index (κ2) is 5.47. The molecule has 0 N–H and O–H groups in total. The lowest BCUT2D eigenvalue weighted by Crippen LogP contribution is -2.48. The van der Waals surface area contributed by atoms with E-state index < -0.39 is 0 Å². The van der Waals surface area contributed by atoms with E-state index in [9.17, 15) is 4.79 Å². The fourth-order valence-electron chi connectivity index (χ4n) is 2.20. The molecule has 0 unspecified atom stereocenters. The number of furan rings is 1. The van der Waals surface area contributed by atoms with Crippen LogP contribution in [0.2, 0.25) is 0 Å². The standard InChI is InChI=1S/C13H20N2O2/c1-11(2)15-7-5-14(6-8-15)9-12-3-4-13(10-16)17-12/h3-4,10-11H,5-9H2,1-2H3. The van der Waals surface area contributed by atoms with Crippen molar-refractivity contribution in [3.05, 3.63) is 23.7 Å². The van der Waals surface area contributed by atoms with Gasteiger partial charge in [0.15, 0.2) is 12.0 Å². The van der Waals surface area contributed by atoms with Crippen LogP contribution in [0.4, 0.5) is 0 Å². The summed E-state index contributed by atoms with van der Waals surface area (Å²) < 4.78 is 5.39. The molecule has 1 aromatic rings. The molecular weight excluding hydrogens is 216 g/mol. The molecular formula is C13H20N2O2. The lowest BCUT2D eigenvalue weighted by molar-refractivity contribution is 0.0976. The number of piperazine rings is 1. The summed E-state index contributed by atoms with van der Waals surface area (Å²) in [6, 6.07) is 4.24. The van der Waals surface area contributed by atoms with E-state index in [2.05, 4.69) is 23.6 Å². The van der Waals surface area contributed by atoms with Crippen molar-refractivity contribution in [3.63, 3.8) is 0 Å². The Kier molecular flexibility index (Phi) is 3.97. The van der Waals surface area contributed by atoms with Gasteiger partial charge in [0.25, 0.3) is 0 Å². The van der Waals surface area contributed by atoms with Gasteiger partial charge in [-0.1, -0.05) is 0 Å². The van der Waals surface area contributed by atoms with Crippen LogP contribution in [0, 0.1) is 0 Å². The molecule has 2 heterocycles. The van der Waals surface area contributed by atoms with Crippen molar-refractivity contribution in [2.45, 2.75) is 26.4 Å². The molecule has 0 bridgehead atoms. The van der Waals surface area contributed by atoms with Gasteiger partial charge in [-0.25, -0.2) is 0 Å². The highest BCUT2D eigenvalue weighted by molar-refractivity contribution is 5.70. The number of hydrogen-bond acceptors (Lipinski definition) is 4. The second-order valence-electron chi connectivity index (χ2n) is 4.83. The molecule has 1 aliphatic rings. The molecule has 0 aromatic carbocycles. The summed E-state index contributed by atoms with van der Waals surface area (Å²) in [5, 5.41) is 0. The fourth-order valence-corrected chi connectivity index (χ4v) is 2.20. The van der Waals surface area contributed by atoms with Crippen LogP contribution in [-0.4, -0.2) is 48.3 Å². The Bertz CT molecular complexity index is 365. The van der Waals surface area contributed by atoms with E-state index in [4.69, 9.17) is 4.42 Å². The molecule has 0 radical (unpaired) electrons. The molecule has 4 heteroatoms. The lowest BCUT2D eigenvalue weighted by atomic mass is 10.2. The van der Waals surface area contributed by atoms with Crippen LogP contribution in [0.5, 0.6) is 0 Å². The molecule has 17 heavy (non-hydrogen) atoms. The third-order valence-electron chi connectivity index (χ3n) is 3.32. The number of nitrogens with zero attached hydrogens (tertiary/aromatic N) is 2. The zero-order chi connectivity index (χ0) is 12.3. The summed E-state index contributed by atoms with van der Waals surface area (Å²) in [7, 11) is 0. The smallest absolute Gasteiger partial charge is 0.185 e. The van der Waals surface area contributed by atoms with E-state index in [1.165, 1.54) is 0 Å². The van der Waals surface area contributed by atoms with Crippen molar-refractivity contribution in [2.24, 2.45) is 0 Å². The molecule has 0 saturated carbocycles. The van der Waals surface area contributed by atoms with Crippen LogP contribution < -0.4 is 0 Å². The molecule has 0 amide bonds. The Balaban J connectivity index is 1.83. The number of rotatable bonds is 4. The van der Waals surface area contributed by atoms with E-state index in [-0.39, 0.29) is 0 Å². The minimum absolute atomic E-state index is 0.417. The lowest BCUT2D eigenvalue weighted by Gasteiger charge is -2.36. The average Bonchev–Trinajstić information content (AvgIpc) is 2.77. The van der Waals surface area contributed by atoms with Gasteiger partial charge in [0.05, 0.1) is 6.54 Å². The molecule has 0 aliphatic carbocycles. The van der Waals surface area contributed by atoms with Gasteiger partial charge in [-0.3, -0.25) is 14.6 Å². The Morgan fingerprint density at radius 1 is 1.29 bits per heavy atom. The minimum atomic E-state index is 0.417. The first-order valence-electron chi connectivity index (χ1n) is 6.19. The summed E-state index contributed by atoms with van der Waals surface area (Å²) in [5.41, 5.74) is 0. The summed E-state index contributed by atoms with van der Waals surface area (Å²) in [4.78, 5) is 15.4. The maximum Gasteiger partial charge on any atom is 0.185 e. The summed E-state index contributed by atoms with van der Waals surface area (Å²) in [5.74, 6) is 1.30. The monoisotopic (exact) mass is 236 g/mol. The van der Waals surface area contributed by atoms with Crippen molar-refractivity contribution in [3.8, 4) is 0 Å². The first-order chi connectivity index (χ1) is 8.19. The molecule has 0 spiro atoms. The van der Waals surface area contributed by atoms with Gasteiger partial charge in [-0.2, -0.15) is 0 Å². The van der Waals surface area contributed by atoms with Crippen molar-refractivity contribution < 1.29 is 9.21 Å². The van der Waals surface area contributed by atoms with Crippen molar-refractivity contribution in [2.75, 3.05) is 26.2 Å². The van der Waals surface area contributed by atoms with Gasteiger partial charge in [0, 0.05) is 32.2 Å². The summed E-state index contributed by atoms with van der Waals surface area (Å²) >= 11 is 0. The van der Waals surface area contributed by atoms with Crippen LogP contribution >= 0.6 is 0 Å². The molecule has 1 aliphatic heterocycles. The number of aldehydes is 1. The quantitative estimate of drug-likeness (QED) is 0.744. The molecule has 1 fully saturated rings. The molecule has 94 valence electrons. The third-order valence-corrected chi connectivity index (χ3v) is 3.32. The average molecular weight is 236 g/mol. The molecule has 0 atom stereocenters. The summed E-state index contributed by atoms with van der Waals surface area (Å²) in [6.07, 6.45) is 0.750. The maximum absolute atomic E-state index is 10.5. The second-order valence-corrected chi connectivity index (χ2v) is 4.83. The van der Waals surface area contributed by atoms with Crippen LogP contribution in [-0.2, 0) is 6.54 Å². The highest BCUT2D eigenvalue weighted by Gasteiger charge is 2.19. The van der Waals surface area contributed by atoms with Gasteiger partial charge in [0.2, 0.25) is 0 Å². The van der Waals surface area contributed by atoms with E-state index >= 15 is 0 Å². The predicted octanol–water partition coefficient (Wildman–Crippen LogP) is 1.62. The van der Waals surface area contributed by atoms with E-state index in [1.807, 2.05) is 6.07 Å². The molecule has 1 aromatic heterocycles. The van der Waals surface area contributed by atoms with Gasteiger partial charge in [-0.05, 0) is 26.0 Å². The third kappa shape index (κ3) is 3.17. The number of hydrogen-bond donors (Lipinski definition) is 0. The van der Waals surface area contributed by atoms with E-state index in [1.54, 1.807) is 6.07 Å². The van der Waals surface area contributed by atoms with E-state index in [0.29, 0.717) is 11.8 Å².